The first-order chi connectivity index (χ1) is 9.43. The highest BCUT2D eigenvalue weighted by Crippen LogP contribution is 2.17. The Morgan fingerprint density at radius 1 is 1.10 bits per heavy atom. The molecule has 1 aromatic rings. The maximum Gasteiger partial charge on any atom is 0.315 e. The summed E-state index contributed by atoms with van der Waals surface area (Å²) in [5, 5.41) is 0. The van der Waals surface area contributed by atoms with Crippen LogP contribution < -0.4 is 4.74 Å². The second-order valence-electron chi connectivity index (χ2n) is 5.11. The second kappa shape index (κ2) is 7.68. The van der Waals surface area contributed by atoms with E-state index in [2.05, 4.69) is 19.9 Å². The van der Waals surface area contributed by atoms with Crippen molar-refractivity contribution in [3.8, 4) is 5.75 Å². The van der Waals surface area contributed by atoms with Crippen molar-refractivity contribution in [2.75, 3.05) is 0 Å². The lowest BCUT2D eigenvalue weighted by Crippen LogP contribution is -2.06. The molecular formula is C18H24O2. The van der Waals surface area contributed by atoms with Crippen molar-refractivity contribution >= 4 is 5.97 Å². The molecule has 0 aromatic heterocycles. The van der Waals surface area contributed by atoms with Crippen LogP contribution in [-0.2, 0) is 4.79 Å². The fourth-order valence-electron chi connectivity index (χ4n) is 1.82. The van der Waals surface area contributed by atoms with Crippen LogP contribution in [0.15, 0.2) is 41.5 Å². The fourth-order valence-corrected chi connectivity index (χ4v) is 1.82. The molecule has 0 aliphatic carbocycles. The number of carbonyl (C=O) groups is 1. The van der Waals surface area contributed by atoms with E-state index < -0.39 is 0 Å². The number of carbonyl (C=O) groups excluding carboxylic acids is 1. The van der Waals surface area contributed by atoms with E-state index in [4.69, 9.17) is 4.74 Å². The van der Waals surface area contributed by atoms with Gasteiger partial charge in [-0.3, -0.25) is 4.79 Å². The van der Waals surface area contributed by atoms with Crippen LogP contribution in [0.4, 0.5) is 0 Å². The minimum Gasteiger partial charge on any atom is -0.426 e. The van der Waals surface area contributed by atoms with Gasteiger partial charge in [0.25, 0.3) is 0 Å². The molecule has 2 nitrogen and oxygen atoms in total. The summed E-state index contributed by atoms with van der Waals surface area (Å²) in [5.41, 5.74) is 4.67. The standard InChI is InChI=1S/C18H24O2/c1-6-7-13(2)14(3)9-11-18(19)20-17-10-8-15(4)16(5)12-17/h7-10,12H,6,11H2,1-5H3/b13-7-,14-9-. The number of esters is 1. The summed E-state index contributed by atoms with van der Waals surface area (Å²) in [6.07, 6.45) is 5.38. The zero-order chi connectivity index (χ0) is 15.1. The summed E-state index contributed by atoms with van der Waals surface area (Å²) in [7, 11) is 0. The van der Waals surface area contributed by atoms with E-state index in [-0.39, 0.29) is 5.97 Å². The molecule has 0 aliphatic rings. The molecule has 0 bridgehead atoms. The van der Waals surface area contributed by atoms with Crippen LogP contribution in [0.3, 0.4) is 0 Å². The SMILES string of the molecule is CC/C=C(C)\C(C)=C/CC(=O)Oc1ccc(C)c(C)c1. The van der Waals surface area contributed by atoms with Crippen LogP contribution in [-0.4, -0.2) is 5.97 Å². The van der Waals surface area contributed by atoms with E-state index in [0.717, 1.165) is 17.6 Å². The van der Waals surface area contributed by atoms with E-state index in [9.17, 15) is 4.79 Å². The van der Waals surface area contributed by atoms with Crippen LogP contribution in [0, 0.1) is 13.8 Å². The van der Waals surface area contributed by atoms with Crippen molar-refractivity contribution in [2.24, 2.45) is 0 Å². The fraction of sp³-hybridized carbons (Fsp3) is 0.389. The topological polar surface area (TPSA) is 26.3 Å². The van der Waals surface area contributed by atoms with Crippen molar-refractivity contribution in [2.45, 2.75) is 47.5 Å². The predicted octanol–water partition coefficient (Wildman–Crippen LogP) is 4.90. The lowest BCUT2D eigenvalue weighted by Gasteiger charge is -2.06. The molecule has 2 heteroatoms. The molecule has 0 amide bonds. The van der Waals surface area contributed by atoms with Crippen molar-refractivity contribution in [3.05, 3.63) is 52.6 Å². The second-order valence-corrected chi connectivity index (χ2v) is 5.11. The third kappa shape index (κ3) is 5.04. The zero-order valence-electron chi connectivity index (χ0n) is 13.1. The summed E-state index contributed by atoms with van der Waals surface area (Å²) in [4.78, 5) is 11.8. The summed E-state index contributed by atoms with van der Waals surface area (Å²) in [6, 6.07) is 5.69. The Kier molecular flexibility index (Phi) is 6.23. The van der Waals surface area contributed by atoms with Gasteiger partial charge in [-0.2, -0.15) is 0 Å². The van der Waals surface area contributed by atoms with Crippen molar-refractivity contribution < 1.29 is 9.53 Å². The molecule has 0 spiro atoms. The molecule has 0 fully saturated rings. The smallest absolute Gasteiger partial charge is 0.315 e. The van der Waals surface area contributed by atoms with Gasteiger partial charge in [-0.25, -0.2) is 0 Å². The molecule has 0 saturated heterocycles. The lowest BCUT2D eigenvalue weighted by molar-refractivity contribution is -0.133. The summed E-state index contributed by atoms with van der Waals surface area (Å²) in [6.45, 7) is 10.2. The monoisotopic (exact) mass is 272 g/mol. The van der Waals surface area contributed by atoms with Crippen molar-refractivity contribution in [3.63, 3.8) is 0 Å². The molecule has 20 heavy (non-hydrogen) atoms. The summed E-state index contributed by atoms with van der Waals surface area (Å²) in [5.74, 6) is 0.391. The van der Waals surface area contributed by atoms with Gasteiger partial charge < -0.3 is 4.74 Å². The van der Waals surface area contributed by atoms with Gasteiger partial charge in [0, 0.05) is 0 Å². The van der Waals surface area contributed by atoms with Crippen LogP contribution >= 0.6 is 0 Å². The van der Waals surface area contributed by atoms with E-state index in [1.165, 1.54) is 11.1 Å². The number of ether oxygens (including phenoxy) is 1. The highest BCUT2D eigenvalue weighted by atomic mass is 16.5. The Bertz CT molecular complexity index is 536. The molecular weight excluding hydrogens is 248 g/mol. The Morgan fingerprint density at radius 3 is 2.35 bits per heavy atom. The number of hydrogen-bond donors (Lipinski definition) is 0. The quantitative estimate of drug-likeness (QED) is 0.433. The molecule has 0 aliphatic heterocycles. The minimum absolute atomic E-state index is 0.225. The molecule has 0 N–H and O–H groups in total. The molecule has 1 aromatic carbocycles. The lowest BCUT2D eigenvalue weighted by atomic mass is 10.1. The van der Waals surface area contributed by atoms with E-state index in [1.807, 2.05) is 45.0 Å². The van der Waals surface area contributed by atoms with Gasteiger partial charge in [-0.1, -0.05) is 36.3 Å². The molecule has 0 atom stereocenters. The van der Waals surface area contributed by atoms with Gasteiger partial charge in [0.15, 0.2) is 0 Å². The molecule has 0 saturated carbocycles. The van der Waals surface area contributed by atoms with E-state index in [1.54, 1.807) is 0 Å². The molecule has 1 rings (SSSR count). The Hall–Kier alpha value is -1.83. The van der Waals surface area contributed by atoms with Crippen molar-refractivity contribution in [1.29, 1.82) is 0 Å². The highest BCUT2D eigenvalue weighted by Gasteiger charge is 2.04. The first-order valence-electron chi connectivity index (χ1n) is 7.05. The molecule has 0 heterocycles. The molecule has 0 radical (unpaired) electrons. The van der Waals surface area contributed by atoms with Crippen LogP contribution in [0.5, 0.6) is 5.75 Å². The predicted molar refractivity (Wildman–Crippen MR) is 84.0 cm³/mol. The zero-order valence-corrected chi connectivity index (χ0v) is 13.1. The van der Waals surface area contributed by atoms with Gasteiger partial charge in [-0.05, 0) is 57.4 Å². The Labute approximate surface area is 122 Å². The average Bonchev–Trinajstić information content (AvgIpc) is 2.40. The number of hydrogen-bond acceptors (Lipinski definition) is 2. The van der Waals surface area contributed by atoms with E-state index >= 15 is 0 Å². The van der Waals surface area contributed by atoms with Gasteiger partial charge in [-0.15, -0.1) is 0 Å². The largest absolute Gasteiger partial charge is 0.426 e. The normalized spacial score (nSPS) is 12.4. The van der Waals surface area contributed by atoms with Crippen LogP contribution in [0.1, 0.15) is 44.7 Å². The number of benzene rings is 1. The van der Waals surface area contributed by atoms with Gasteiger partial charge in [0.1, 0.15) is 5.75 Å². The number of aryl methyl sites for hydroxylation is 2. The van der Waals surface area contributed by atoms with Crippen LogP contribution in [0.25, 0.3) is 0 Å². The first kappa shape index (κ1) is 16.2. The first-order valence-corrected chi connectivity index (χ1v) is 7.05. The maximum atomic E-state index is 11.8. The third-order valence-corrected chi connectivity index (χ3v) is 3.42. The van der Waals surface area contributed by atoms with Crippen molar-refractivity contribution in [1.82, 2.24) is 0 Å². The summed E-state index contributed by atoms with van der Waals surface area (Å²) < 4.78 is 5.34. The van der Waals surface area contributed by atoms with Gasteiger partial charge >= 0.3 is 5.97 Å². The number of allylic oxidation sites excluding steroid dienone is 3. The molecule has 108 valence electrons. The minimum atomic E-state index is -0.225. The van der Waals surface area contributed by atoms with Gasteiger partial charge in [0.2, 0.25) is 0 Å². The third-order valence-electron chi connectivity index (χ3n) is 3.42. The van der Waals surface area contributed by atoms with Crippen LogP contribution in [0.2, 0.25) is 0 Å². The number of rotatable bonds is 5. The molecule has 0 unspecified atom stereocenters. The van der Waals surface area contributed by atoms with Gasteiger partial charge in [0.05, 0.1) is 6.42 Å². The maximum absolute atomic E-state index is 11.8. The van der Waals surface area contributed by atoms with E-state index in [0.29, 0.717) is 12.2 Å². The Balaban J connectivity index is 2.62. The highest BCUT2D eigenvalue weighted by molar-refractivity contribution is 5.74. The summed E-state index contributed by atoms with van der Waals surface area (Å²) >= 11 is 0. The Morgan fingerprint density at radius 2 is 1.75 bits per heavy atom. The average molecular weight is 272 g/mol.